The number of nitrogens with one attached hydrogen (secondary N) is 1. The van der Waals surface area contributed by atoms with Gasteiger partial charge in [-0.25, -0.2) is 0 Å². The van der Waals surface area contributed by atoms with Crippen LogP contribution in [0.4, 0.5) is 0 Å². The first-order chi connectivity index (χ1) is 6.77. The number of methoxy groups -OCH3 is 1. The Morgan fingerprint density at radius 1 is 1.50 bits per heavy atom. The molecule has 0 saturated carbocycles. The maximum atomic E-state index is 5.19. The minimum Gasteiger partial charge on any atom is -0.384 e. The second-order valence-electron chi connectivity index (χ2n) is 4.94. The van der Waals surface area contributed by atoms with Crippen molar-refractivity contribution in [3.8, 4) is 0 Å². The van der Waals surface area contributed by atoms with Crippen LogP contribution in [-0.4, -0.2) is 50.3 Å². The lowest BCUT2D eigenvalue weighted by Gasteiger charge is -2.47. The highest BCUT2D eigenvalue weighted by atomic mass is 16.5. The summed E-state index contributed by atoms with van der Waals surface area (Å²) in [6.07, 6.45) is 2.76. The van der Waals surface area contributed by atoms with Crippen molar-refractivity contribution >= 4 is 0 Å². The highest BCUT2D eigenvalue weighted by Crippen LogP contribution is 2.33. The van der Waals surface area contributed by atoms with Crippen LogP contribution in [0.1, 0.15) is 19.8 Å². The highest BCUT2D eigenvalue weighted by molar-refractivity contribution is 5.05. The molecule has 2 heterocycles. The molecule has 2 rings (SSSR count). The number of rotatable bonds is 4. The van der Waals surface area contributed by atoms with Crippen molar-refractivity contribution in [1.29, 1.82) is 0 Å². The van der Waals surface area contributed by atoms with Gasteiger partial charge in [-0.2, -0.15) is 0 Å². The number of nitrogens with zero attached hydrogens (tertiary/aromatic N) is 1. The fraction of sp³-hybridized carbons (Fsp3) is 1.00. The van der Waals surface area contributed by atoms with Crippen LogP contribution in [0.15, 0.2) is 0 Å². The van der Waals surface area contributed by atoms with E-state index in [-0.39, 0.29) is 0 Å². The quantitative estimate of drug-likeness (QED) is 0.720. The molecule has 2 aliphatic heterocycles. The predicted molar refractivity (Wildman–Crippen MR) is 57.4 cm³/mol. The molecule has 0 radical (unpaired) electrons. The van der Waals surface area contributed by atoms with E-state index in [1.165, 1.54) is 39.0 Å². The van der Waals surface area contributed by atoms with Gasteiger partial charge in [-0.05, 0) is 25.3 Å². The predicted octanol–water partition coefficient (Wildman–Crippen LogP) is 0.707. The number of hydrogen-bond donors (Lipinski definition) is 1. The first-order valence-corrected chi connectivity index (χ1v) is 5.71. The van der Waals surface area contributed by atoms with Gasteiger partial charge >= 0.3 is 0 Å². The van der Waals surface area contributed by atoms with Crippen LogP contribution in [0, 0.1) is 5.92 Å². The van der Waals surface area contributed by atoms with Gasteiger partial charge in [-0.1, -0.05) is 6.92 Å². The SMILES string of the molecule is COCC(C)CN1CCCC12CNC2. The molecule has 2 aliphatic rings. The molecule has 0 aromatic carbocycles. The van der Waals surface area contributed by atoms with Gasteiger partial charge in [-0.15, -0.1) is 0 Å². The Hall–Kier alpha value is -0.120. The Kier molecular flexibility index (Phi) is 3.10. The summed E-state index contributed by atoms with van der Waals surface area (Å²) < 4.78 is 5.19. The standard InChI is InChI=1S/C11H22N2O/c1-10(7-14-2)6-13-5-3-4-11(13)8-12-9-11/h10,12H,3-9H2,1-2H3. The minimum absolute atomic E-state index is 0.530. The molecule has 0 amide bonds. The molecule has 1 spiro atoms. The minimum atomic E-state index is 0.530. The third-order valence-electron chi connectivity index (χ3n) is 3.63. The molecule has 14 heavy (non-hydrogen) atoms. The van der Waals surface area contributed by atoms with Crippen molar-refractivity contribution in [2.45, 2.75) is 25.3 Å². The molecule has 0 bridgehead atoms. The summed E-state index contributed by atoms with van der Waals surface area (Å²) in [5, 5.41) is 3.41. The fourth-order valence-electron chi connectivity index (χ4n) is 2.81. The zero-order valence-electron chi connectivity index (χ0n) is 9.38. The lowest BCUT2D eigenvalue weighted by molar-refractivity contribution is 0.0494. The van der Waals surface area contributed by atoms with Gasteiger partial charge in [0.15, 0.2) is 0 Å². The summed E-state index contributed by atoms with van der Waals surface area (Å²) in [4.78, 5) is 2.67. The van der Waals surface area contributed by atoms with Gasteiger partial charge in [0, 0.05) is 38.9 Å². The first-order valence-electron chi connectivity index (χ1n) is 5.71. The van der Waals surface area contributed by atoms with Gasteiger partial charge in [0.2, 0.25) is 0 Å². The van der Waals surface area contributed by atoms with Crippen molar-refractivity contribution in [3.05, 3.63) is 0 Å². The normalized spacial score (nSPS) is 27.9. The molecule has 82 valence electrons. The average Bonchev–Trinajstić information content (AvgIpc) is 2.47. The first kappa shape index (κ1) is 10.4. The molecule has 1 atom stereocenters. The maximum Gasteiger partial charge on any atom is 0.0500 e. The third-order valence-corrected chi connectivity index (χ3v) is 3.63. The average molecular weight is 198 g/mol. The van der Waals surface area contributed by atoms with Gasteiger partial charge < -0.3 is 10.1 Å². The molecule has 1 N–H and O–H groups in total. The van der Waals surface area contributed by atoms with Crippen LogP contribution < -0.4 is 5.32 Å². The third kappa shape index (κ3) is 1.81. The number of likely N-dealkylation sites (tertiary alicyclic amines) is 1. The van der Waals surface area contributed by atoms with Crippen molar-refractivity contribution in [2.24, 2.45) is 5.92 Å². The van der Waals surface area contributed by atoms with Crippen LogP contribution in [0.2, 0.25) is 0 Å². The zero-order valence-corrected chi connectivity index (χ0v) is 9.38. The van der Waals surface area contributed by atoms with Crippen LogP contribution >= 0.6 is 0 Å². The van der Waals surface area contributed by atoms with E-state index in [9.17, 15) is 0 Å². The van der Waals surface area contributed by atoms with Crippen molar-refractivity contribution in [3.63, 3.8) is 0 Å². The molecule has 2 fully saturated rings. The van der Waals surface area contributed by atoms with E-state index in [2.05, 4.69) is 17.1 Å². The topological polar surface area (TPSA) is 24.5 Å². The molecular weight excluding hydrogens is 176 g/mol. The Balaban J connectivity index is 1.84. The molecular formula is C11H22N2O. The number of hydrogen-bond acceptors (Lipinski definition) is 3. The Labute approximate surface area is 86.8 Å². The van der Waals surface area contributed by atoms with E-state index in [0.29, 0.717) is 11.5 Å². The molecule has 0 aromatic heterocycles. The molecule has 3 heteroatoms. The van der Waals surface area contributed by atoms with Crippen molar-refractivity contribution < 1.29 is 4.74 Å². The van der Waals surface area contributed by atoms with E-state index in [1.54, 1.807) is 7.11 Å². The Bertz CT molecular complexity index is 192. The van der Waals surface area contributed by atoms with E-state index in [4.69, 9.17) is 4.74 Å². The van der Waals surface area contributed by atoms with Crippen molar-refractivity contribution in [2.75, 3.05) is 39.9 Å². The van der Waals surface area contributed by atoms with Crippen LogP contribution in [0.25, 0.3) is 0 Å². The fourth-order valence-corrected chi connectivity index (χ4v) is 2.81. The van der Waals surface area contributed by atoms with E-state index >= 15 is 0 Å². The molecule has 0 aromatic rings. The monoisotopic (exact) mass is 198 g/mol. The van der Waals surface area contributed by atoms with Crippen LogP contribution in [-0.2, 0) is 4.74 Å². The smallest absolute Gasteiger partial charge is 0.0500 e. The van der Waals surface area contributed by atoms with E-state index in [1.807, 2.05) is 0 Å². The second kappa shape index (κ2) is 4.17. The number of ether oxygens (including phenoxy) is 1. The Morgan fingerprint density at radius 3 is 2.86 bits per heavy atom. The summed E-state index contributed by atoms with van der Waals surface area (Å²) in [5.74, 6) is 0.663. The lowest BCUT2D eigenvalue weighted by atomic mass is 9.89. The zero-order chi connectivity index (χ0) is 10.0. The molecule has 1 unspecified atom stereocenters. The Morgan fingerprint density at radius 2 is 2.29 bits per heavy atom. The van der Waals surface area contributed by atoms with Crippen LogP contribution in [0.5, 0.6) is 0 Å². The van der Waals surface area contributed by atoms with Gasteiger partial charge in [-0.3, -0.25) is 4.90 Å². The second-order valence-corrected chi connectivity index (χ2v) is 4.94. The molecule has 2 saturated heterocycles. The summed E-state index contributed by atoms with van der Waals surface area (Å²) in [5.41, 5.74) is 0.530. The summed E-state index contributed by atoms with van der Waals surface area (Å²) in [6.45, 7) is 8.06. The summed E-state index contributed by atoms with van der Waals surface area (Å²) >= 11 is 0. The van der Waals surface area contributed by atoms with E-state index < -0.39 is 0 Å². The van der Waals surface area contributed by atoms with Gasteiger partial charge in [0.1, 0.15) is 0 Å². The highest BCUT2D eigenvalue weighted by Gasteiger charge is 2.45. The van der Waals surface area contributed by atoms with E-state index in [0.717, 1.165) is 6.61 Å². The molecule has 0 aliphatic carbocycles. The van der Waals surface area contributed by atoms with Crippen LogP contribution in [0.3, 0.4) is 0 Å². The maximum absolute atomic E-state index is 5.19. The lowest BCUT2D eigenvalue weighted by Crippen LogP contribution is -2.66. The largest absolute Gasteiger partial charge is 0.384 e. The molecule has 3 nitrogen and oxygen atoms in total. The summed E-state index contributed by atoms with van der Waals surface area (Å²) in [7, 11) is 1.79. The van der Waals surface area contributed by atoms with Gasteiger partial charge in [0.05, 0.1) is 0 Å². The van der Waals surface area contributed by atoms with Gasteiger partial charge in [0.25, 0.3) is 0 Å². The van der Waals surface area contributed by atoms with Crippen molar-refractivity contribution in [1.82, 2.24) is 10.2 Å². The summed E-state index contributed by atoms with van der Waals surface area (Å²) in [6, 6.07) is 0.